The fourth-order valence-electron chi connectivity index (χ4n) is 4.11. The summed E-state index contributed by atoms with van der Waals surface area (Å²) in [5, 5.41) is 13.1. The molecular weight excluding hydrogens is 358 g/mol. The normalized spacial score (nSPS) is 20.3. The summed E-state index contributed by atoms with van der Waals surface area (Å²) in [4.78, 5) is 16.9. The largest absolute Gasteiger partial charge is 0.338 e. The van der Waals surface area contributed by atoms with Gasteiger partial charge < -0.3 is 10.2 Å². The molecule has 0 radical (unpaired) electrons. The van der Waals surface area contributed by atoms with Gasteiger partial charge in [-0.1, -0.05) is 24.3 Å². The van der Waals surface area contributed by atoms with Gasteiger partial charge in [0.1, 0.15) is 10.0 Å². The van der Waals surface area contributed by atoms with Gasteiger partial charge in [-0.25, -0.2) is 4.79 Å². The third kappa shape index (κ3) is 4.47. The van der Waals surface area contributed by atoms with E-state index in [1.54, 1.807) is 11.3 Å². The van der Waals surface area contributed by atoms with Crippen molar-refractivity contribution in [3.05, 3.63) is 45.4 Å². The predicted molar refractivity (Wildman–Crippen MR) is 107 cm³/mol. The Labute approximate surface area is 164 Å². The van der Waals surface area contributed by atoms with Crippen molar-refractivity contribution in [1.29, 1.82) is 0 Å². The number of piperazine rings is 1. The molecule has 1 aromatic heterocycles. The van der Waals surface area contributed by atoms with Crippen LogP contribution in [-0.4, -0.2) is 64.8 Å². The Morgan fingerprint density at radius 1 is 1.19 bits per heavy atom. The van der Waals surface area contributed by atoms with E-state index in [2.05, 4.69) is 44.7 Å². The average molecular weight is 386 g/mol. The van der Waals surface area contributed by atoms with E-state index in [1.807, 2.05) is 11.8 Å². The second kappa shape index (κ2) is 8.35. The Morgan fingerprint density at radius 2 is 1.96 bits per heavy atom. The molecule has 6 nitrogen and oxygen atoms in total. The Kier molecular flexibility index (Phi) is 5.69. The van der Waals surface area contributed by atoms with Crippen LogP contribution in [0.3, 0.4) is 0 Å². The van der Waals surface area contributed by atoms with Gasteiger partial charge in [-0.2, -0.15) is 0 Å². The minimum Gasteiger partial charge on any atom is -0.338 e. The lowest BCUT2D eigenvalue weighted by molar-refractivity contribution is 0.101. The molecular formula is C20H27N5OS. The van der Waals surface area contributed by atoms with Gasteiger partial charge in [0, 0.05) is 45.2 Å². The summed E-state index contributed by atoms with van der Waals surface area (Å²) < 4.78 is 0. The van der Waals surface area contributed by atoms with Gasteiger partial charge in [0.15, 0.2) is 0 Å². The molecule has 0 saturated carbocycles. The molecule has 0 unspecified atom stereocenters. The van der Waals surface area contributed by atoms with Crippen molar-refractivity contribution in [2.75, 3.05) is 32.7 Å². The molecule has 4 rings (SSSR count). The second-order valence-electron chi connectivity index (χ2n) is 7.39. The average Bonchev–Trinajstić information content (AvgIpc) is 3.12. The van der Waals surface area contributed by atoms with Gasteiger partial charge in [-0.05, 0) is 37.3 Å². The molecule has 2 aromatic rings. The summed E-state index contributed by atoms with van der Waals surface area (Å²) in [5.41, 5.74) is 3.01. The molecule has 144 valence electrons. The minimum atomic E-state index is 0.0462. The first kappa shape index (κ1) is 18.4. The first-order chi connectivity index (χ1) is 13.2. The highest BCUT2D eigenvalue weighted by Crippen LogP contribution is 2.25. The number of nitrogens with zero attached hydrogens (tertiary/aromatic N) is 4. The number of carbonyl (C=O) groups excluding carboxylic acids is 1. The molecule has 1 saturated heterocycles. The highest BCUT2D eigenvalue weighted by atomic mass is 32.1. The molecule has 27 heavy (non-hydrogen) atoms. The zero-order chi connectivity index (χ0) is 18.6. The second-order valence-corrected chi connectivity index (χ2v) is 8.65. The van der Waals surface area contributed by atoms with Crippen LogP contribution in [0.5, 0.6) is 0 Å². The molecule has 1 aliphatic heterocycles. The van der Waals surface area contributed by atoms with E-state index in [-0.39, 0.29) is 6.03 Å². The number of urea groups is 1. The summed E-state index contributed by atoms with van der Waals surface area (Å²) in [6.45, 7) is 6.12. The molecule has 2 amide bonds. The Morgan fingerprint density at radius 3 is 2.70 bits per heavy atom. The van der Waals surface area contributed by atoms with Gasteiger partial charge in [-0.3, -0.25) is 4.90 Å². The molecule has 7 heteroatoms. The van der Waals surface area contributed by atoms with Crippen molar-refractivity contribution in [3.8, 4) is 0 Å². The predicted octanol–water partition coefficient (Wildman–Crippen LogP) is 2.27. The molecule has 1 N–H and O–H groups in total. The van der Waals surface area contributed by atoms with E-state index in [0.29, 0.717) is 12.6 Å². The summed E-state index contributed by atoms with van der Waals surface area (Å²) in [6.07, 6.45) is 4.29. The minimum absolute atomic E-state index is 0.0462. The number of benzene rings is 1. The van der Waals surface area contributed by atoms with E-state index in [4.69, 9.17) is 0 Å². The number of amides is 2. The number of rotatable bonds is 4. The van der Waals surface area contributed by atoms with Crippen molar-refractivity contribution in [2.45, 2.75) is 38.6 Å². The fourth-order valence-corrected chi connectivity index (χ4v) is 4.82. The highest BCUT2D eigenvalue weighted by Gasteiger charge is 2.28. The van der Waals surface area contributed by atoms with E-state index in [9.17, 15) is 4.79 Å². The van der Waals surface area contributed by atoms with Gasteiger partial charge in [0.05, 0.1) is 0 Å². The fraction of sp³-hybridized carbons (Fsp3) is 0.550. The van der Waals surface area contributed by atoms with Gasteiger partial charge >= 0.3 is 6.03 Å². The third-order valence-corrected chi connectivity index (χ3v) is 6.52. The molecule has 2 heterocycles. The Balaban J connectivity index is 1.21. The standard InChI is InChI=1S/C20H27N5OS/c1-15-22-23-19(27-15)8-9-21-20(26)25-12-10-24(11-13-25)18-7-6-16-4-2-3-5-17(16)14-18/h2-5,18H,6-14H2,1H3,(H,21,26)/t18-/m0/s1. The zero-order valence-electron chi connectivity index (χ0n) is 15.9. The molecule has 1 aliphatic carbocycles. The number of aryl methyl sites for hydroxylation is 2. The molecule has 2 aliphatic rings. The molecule has 0 bridgehead atoms. The summed E-state index contributed by atoms with van der Waals surface area (Å²) in [6, 6.07) is 9.48. The van der Waals surface area contributed by atoms with Crippen molar-refractivity contribution in [1.82, 2.24) is 25.3 Å². The Bertz CT molecular complexity index is 784. The van der Waals surface area contributed by atoms with E-state index < -0.39 is 0 Å². The van der Waals surface area contributed by atoms with Crippen LogP contribution in [-0.2, 0) is 19.3 Å². The third-order valence-electron chi connectivity index (χ3n) is 5.62. The molecule has 1 aromatic carbocycles. The maximum Gasteiger partial charge on any atom is 0.317 e. The summed E-state index contributed by atoms with van der Waals surface area (Å²) in [5.74, 6) is 0. The lowest BCUT2D eigenvalue weighted by Gasteiger charge is -2.41. The summed E-state index contributed by atoms with van der Waals surface area (Å²) in [7, 11) is 0. The van der Waals surface area contributed by atoms with Gasteiger partial charge in [-0.15, -0.1) is 21.5 Å². The number of aromatic nitrogens is 2. The smallest absolute Gasteiger partial charge is 0.317 e. The van der Waals surface area contributed by atoms with E-state index >= 15 is 0 Å². The van der Waals surface area contributed by atoms with Crippen LogP contribution in [0, 0.1) is 6.92 Å². The maximum absolute atomic E-state index is 12.4. The maximum atomic E-state index is 12.4. The Hall–Kier alpha value is -1.99. The first-order valence-corrected chi connectivity index (χ1v) is 10.6. The van der Waals surface area contributed by atoms with Crippen LogP contribution >= 0.6 is 11.3 Å². The van der Waals surface area contributed by atoms with Crippen molar-refractivity contribution in [2.24, 2.45) is 0 Å². The topological polar surface area (TPSA) is 61.4 Å². The molecule has 0 spiro atoms. The van der Waals surface area contributed by atoms with Crippen LogP contribution < -0.4 is 5.32 Å². The summed E-state index contributed by atoms with van der Waals surface area (Å²) >= 11 is 1.59. The quantitative estimate of drug-likeness (QED) is 0.877. The van der Waals surface area contributed by atoms with Gasteiger partial charge in [0.25, 0.3) is 0 Å². The molecule has 1 fully saturated rings. The van der Waals surface area contributed by atoms with E-state index in [1.165, 1.54) is 24.0 Å². The number of fused-ring (bicyclic) bond motifs is 1. The van der Waals surface area contributed by atoms with Crippen molar-refractivity contribution in [3.63, 3.8) is 0 Å². The number of hydrogen-bond acceptors (Lipinski definition) is 5. The number of nitrogens with one attached hydrogen (secondary N) is 1. The van der Waals surface area contributed by atoms with E-state index in [0.717, 1.165) is 49.0 Å². The van der Waals surface area contributed by atoms with Crippen molar-refractivity contribution >= 4 is 17.4 Å². The monoisotopic (exact) mass is 385 g/mol. The SMILES string of the molecule is Cc1nnc(CCNC(=O)N2CCN([C@H]3CCc4ccccc4C3)CC2)s1. The van der Waals surface area contributed by atoms with Crippen LogP contribution in [0.1, 0.15) is 27.6 Å². The zero-order valence-corrected chi connectivity index (χ0v) is 16.7. The highest BCUT2D eigenvalue weighted by molar-refractivity contribution is 7.11. The number of carbonyl (C=O) groups is 1. The lowest BCUT2D eigenvalue weighted by Crippen LogP contribution is -2.55. The van der Waals surface area contributed by atoms with Crippen LogP contribution in [0.25, 0.3) is 0 Å². The number of hydrogen-bond donors (Lipinski definition) is 1. The van der Waals surface area contributed by atoms with Crippen LogP contribution in [0.4, 0.5) is 4.79 Å². The van der Waals surface area contributed by atoms with Gasteiger partial charge in [0.2, 0.25) is 0 Å². The van der Waals surface area contributed by atoms with Crippen LogP contribution in [0.15, 0.2) is 24.3 Å². The van der Waals surface area contributed by atoms with Crippen molar-refractivity contribution < 1.29 is 4.79 Å². The molecule has 1 atom stereocenters. The lowest BCUT2D eigenvalue weighted by atomic mass is 9.87. The van der Waals surface area contributed by atoms with Crippen LogP contribution in [0.2, 0.25) is 0 Å². The first-order valence-electron chi connectivity index (χ1n) is 9.81.